The van der Waals surface area contributed by atoms with Crippen molar-refractivity contribution in [2.45, 2.75) is 19.0 Å². The van der Waals surface area contributed by atoms with Crippen molar-refractivity contribution >= 4 is 54.8 Å². The molecule has 78 heavy (non-hydrogen) atoms. The molecule has 11 heteroatoms. The molecule has 8 aromatic carbocycles. The van der Waals surface area contributed by atoms with Crippen LogP contribution >= 0.6 is 0 Å². The summed E-state index contributed by atoms with van der Waals surface area (Å²) in [5.41, 5.74) is 9.09. The molecule has 2 aliphatic rings. The number of fused-ring (bicyclic) bond motifs is 6. The van der Waals surface area contributed by atoms with Gasteiger partial charge in [-0.2, -0.15) is 44.7 Å². The van der Waals surface area contributed by atoms with Crippen LogP contribution in [-0.4, -0.2) is 9.13 Å². The number of benzene rings is 8. The van der Waals surface area contributed by atoms with Gasteiger partial charge >= 0.3 is 6.18 Å². The molecule has 2 aliphatic carbocycles. The first-order valence-electron chi connectivity index (χ1n) is 24.7. The maximum atomic E-state index is 15.6. The molecule has 364 valence electrons. The van der Waals surface area contributed by atoms with Gasteiger partial charge in [-0.1, -0.05) is 103 Å². The molecule has 2 aromatic heterocycles. The van der Waals surface area contributed by atoms with Gasteiger partial charge in [-0.25, -0.2) is 0 Å². The summed E-state index contributed by atoms with van der Waals surface area (Å²) in [6.45, 7) is 0. The van der Waals surface area contributed by atoms with Crippen molar-refractivity contribution in [3.8, 4) is 81.2 Å². The van der Waals surface area contributed by atoms with Crippen LogP contribution in [0.5, 0.6) is 0 Å². The summed E-state index contributed by atoms with van der Waals surface area (Å²) >= 11 is 0. The van der Waals surface area contributed by atoms with Crippen LogP contribution in [0.1, 0.15) is 40.7 Å². The zero-order valence-electron chi connectivity index (χ0n) is 41.0. The van der Waals surface area contributed by atoms with Crippen molar-refractivity contribution in [1.29, 1.82) is 31.6 Å². The molecule has 0 saturated carbocycles. The van der Waals surface area contributed by atoms with E-state index in [0.717, 1.165) is 71.4 Å². The van der Waals surface area contributed by atoms with Crippen LogP contribution in [0.15, 0.2) is 199 Å². The fourth-order valence-corrected chi connectivity index (χ4v) is 10.8. The topological polar surface area (TPSA) is 153 Å². The van der Waals surface area contributed by atoms with Crippen molar-refractivity contribution in [3.05, 3.63) is 238 Å². The fraction of sp³-hybridized carbons (Fsp3) is 0.0448. The van der Waals surface area contributed by atoms with E-state index in [1.54, 1.807) is 48.6 Å². The summed E-state index contributed by atoms with van der Waals surface area (Å²) in [6.07, 6.45) is 7.09. The van der Waals surface area contributed by atoms with E-state index in [1.165, 1.54) is 12.1 Å². The molecule has 0 bridgehead atoms. The van der Waals surface area contributed by atoms with Crippen LogP contribution in [-0.2, 0) is 6.18 Å². The lowest BCUT2D eigenvalue weighted by Crippen LogP contribution is -2.11. The number of hydrogen-bond acceptors (Lipinski definition) is 6. The predicted octanol–water partition coefficient (Wildman–Crippen LogP) is 14.5. The Morgan fingerprint density at radius 3 is 1.17 bits per heavy atom. The Hall–Kier alpha value is -11.2. The van der Waals surface area contributed by atoms with Gasteiger partial charge in [-0.3, -0.25) is 0 Å². The van der Waals surface area contributed by atoms with E-state index in [4.69, 9.17) is 0 Å². The molecule has 0 radical (unpaired) electrons. The lowest BCUT2D eigenvalue weighted by molar-refractivity contribution is -0.137. The highest BCUT2D eigenvalue weighted by Crippen LogP contribution is 2.44. The van der Waals surface area contributed by atoms with E-state index in [0.29, 0.717) is 57.2 Å². The maximum Gasteiger partial charge on any atom is 0.417 e. The van der Waals surface area contributed by atoms with Crippen LogP contribution < -0.4 is 10.4 Å². The van der Waals surface area contributed by atoms with Gasteiger partial charge in [0.05, 0.1) is 86.0 Å². The molecule has 12 rings (SSSR count). The lowest BCUT2D eigenvalue weighted by atomic mass is 9.94. The highest BCUT2D eigenvalue weighted by atomic mass is 19.4. The molecular weight excluding hydrogens is 974 g/mol. The van der Waals surface area contributed by atoms with Crippen molar-refractivity contribution in [1.82, 2.24) is 9.13 Å². The summed E-state index contributed by atoms with van der Waals surface area (Å²) in [5.74, 6) is 0. The van der Waals surface area contributed by atoms with Gasteiger partial charge in [-0.15, -0.1) is 0 Å². The Balaban J connectivity index is 1.25. The molecular formula is C67H35F3N8. The van der Waals surface area contributed by atoms with Crippen molar-refractivity contribution in [2.24, 2.45) is 0 Å². The van der Waals surface area contributed by atoms with Crippen LogP contribution in [0.3, 0.4) is 0 Å². The van der Waals surface area contributed by atoms with E-state index in [1.807, 2.05) is 137 Å². The lowest BCUT2D eigenvalue weighted by Gasteiger charge is -2.20. The van der Waals surface area contributed by atoms with Crippen LogP contribution in [0, 0.1) is 68.0 Å². The molecule has 0 saturated heterocycles. The number of alkyl halides is 3. The largest absolute Gasteiger partial charge is 0.417 e. The number of hydrogen-bond donors (Lipinski definition) is 0. The summed E-state index contributed by atoms with van der Waals surface area (Å²) in [5, 5.41) is 65.3. The van der Waals surface area contributed by atoms with Gasteiger partial charge in [0.15, 0.2) is 0 Å². The smallest absolute Gasteiger partial charge is 0.308 e. The SMILES string of the molecule is N#CC1=CCC(=c2ccc3c4ccc(=C5C=CC(C#N)=CC5)cc4n(-c4cc(-c5ccc(C#N)cc5C(F)(F)F)cc(-n5c6cc(-c7ccc(C#N)cc7)ccc6c6ccc(-c7ccc(C#N)cc7)cc65)c4C#N)c3c2)C=C1. The summed E-state index contributed by atoms with van der Waals surface area (Å²) in [7, 11) is 0. The first-order chi connectivity index (χ1) is 38.0. The molecule has 0 fully saturated rings. The Morgan fingerprint density at radius 1 is 0.372 bits per heavy atom. The van der Waals surface area contributed by atoms with Gasteiger partial charge in [0.1, 0.15) is 11.6 Å². The highest BCUT2D eigenvalue weighted by molar-refractivity contribution is 6.13. The van der Waals surface area contributed by atoms with Crippen molar-refractivity contribution in [3.63, 3.8) is 0 Å². The molecule has 8 nitrogen and oxygen atoms in total. The minimum atomic E-state index is -4.90. The molecule has 0 aliphatic heterocycles. The summed E-state index contributed by atoms with van der Waals surface area (Å²) in [4.78, 5) is 0. The molecule has 10 aromatic rings. The number of allylic oxidation sites excluding steroid dienone is 8. The minimum Gasteiger partial charge on any atom is -0.308 e. The molecule has 0 amide bonds. The Kier molecular flexibility index (Phi) is 11.6. The van der Waals surface area contributed by atoms with Crippen molar-refractivity contribution in [2.75, 3.05) is 0 Å². The molecule has 0 atom stereocenters. The quantitative estimate of drug-likeness (QED) is 0.167. The number of nitrogens with zero attached hydrogens (tertiary/aromatic N) is 8. The second-order valence-electron chi connectivity index (χ2n) is 19.0. The Bertz CT molecular complexity index is 4590. The standard InChI is InChI=1S/C67H35F3N8/c68-67(69,70)60-27-44(38-75)9-22-54(60)53-32-65(77-61-28-49(45-10-1-40(34-71)2-11-45)18-23-55(61)56-24-19-50(29-62(56)77)46-12-3-41(35-72)4-13-46)59(39-76)66(33-53)78-63-30-51(47-14-5-42(36-73)6-15-47)20-25-57(63)58-26-21-52(31-64(58)78)48-16-7-43(37-74)8-17-48/h1-14,16,18-33H,15,17H2. The number of aromatic nitrogens is 2. The van der Waals surface area contributed by atoms with Crippen LogP contribution in [0.25, 0.3) is 99.5 Å². The zero-order chi connectivity index (χ0) is 53.8. The third kappa shape index (κ3) is 8.16. The molecule has 0 spiro atoms. The monoisotopic (exact) mass is 1010 g/mol. The third-order valence-electron chi connectivity index (χ3n) is 14.7. The third-order valence-corrected chi connectivity index (χ3v) is 14.7. The predicted molar refractivity (Wildman–Crippen MR) is 296 cm³/mol. The van der Waals surface area contributed by atoms with Gasteiger partial charge in [0, 0.05) is 32.7 Å². The minimum absolute atomic E-state index is 0.122. The van der Waals surface area contributed by atoms with E-state index < -0.39 is 11.7 Å². The van der Waals surface area contributed by atoms with E-state index in [9.17, 15) is 31.6 Å². The number of rotatable bonds is 5. The number of halogens is 3. The fourth-order valence-electron chi connectivity index (χ4n) is 10.8. The van der Waals surface area contributed by atoms with Gasteiger partial charge in [0.2, 0.25) is 0 Å². The number of nitriles is 6. The van der Waals surface area contributed by atoms with Crippen molar-refractivity contribution < 1.29 is 13.2 Å². The summed E-state index contributed by atoms with van der Waals surface area (Å²) < 4.78 is 50.5. The molecule has 2 heterocycles. The Morgan fingerprint density at radius 2 is 0.782 bits per heavy atom. The second kappa shape index (κ2) is 18.9. The van der Waals surface area contributed by atoms with Gasteiger partial charge in [-0.05, 0) is 153 Å². The van der Waals surface area contributed by atoms with Gasteiger partial charge in [0.25, 0.3) is 0 Å². The van der Waals surface area contributed by atoms with Gasteiger partial charge < -0.3 is 9.13 Å². The summed E-state index contributed by atoms with van der Waals surface area (Å²) in [6, 6.07) is 58.2. The molecule has 0 N–H and O–H groups in total. The normalized spacial score (nSPS) is 14.5. The average molecular weight is 1010 g/mol. The first kappa shape index (κ1) is 47.8. The zero-order valence-corrected chi connectivity index (χ0v) is 41.0. The van der Waals surface area contributed by atoms with E-state index in [-0.39, 0.29) is 33.6 Å². The van der Waals surface area contributed by atoms with Crippen LogP contribution in [0.2, 0.25) is 0 Å². The first-order valence-corrected chi connectivity index (χ1v) is 24.7. The second-order valence-corrected chi connectivity index (χ2v) is 19.0. The van der Waals surface area contributed by atoms with Crippen LogP contribution in [0.4, 0.5) is 13.2 Å². The average Bonchev–Trinajstić information content (AvgIpc) is 4.23. The van der Waals surface area contributed by atoms with E-state index >= 15 is 13.2 Å². The Labute approximate surface area is 444 Å². The van der Waals surface area contributed by atoms with E-state index in [2.05, 4.69) is 30.3 Å². The molecule has 0 unspecified atom stereocenters. The maximum absolute atomic E-state index is 15.6. The highest BCUT2D eigenvalue weighted by Gasteiger charge is 2.35.